The highest BCUT2D eigenvalue weighted by Crippen LogP contribution is 2.41. The molecule has 19 heavy (non-hydrogen) atoms. The third-order valence-corrected chi connectivity index (χ3v) is 4.25. The zero-order valence-corrected chi connectivity index (χ0v) is 11.0. The molecule has 2 aliphatic rings. The molecule has 4 nitrogen and oxygen atoms in total. The number of benzene rings is 1. The molecule has 0 saturated carbocycles. The van der Waals surface area contributed by atoms with Crippen LogP contribution in [-0.4, -0.2) is 18.4 Å². The van der Waals surface area contributed by atoms with Crippen LogP contribution in [0.4, 0.5) is 5.69 Å². The number of amides is 2. The van der Waals surface area contributed by atoms with Crippen molar-refractivity contribution in [2.75, 3.05) is 11.9 Å². The number of carbonyl (C=O) groups excluding carboxylic acids is 2. The van der Waals surface area contributed by atoms with Gasteiger partial charge in [-0.15, -0.1) is 0 Å². The van der Waals surface area contributed by atoms with Crippen LogP contribution in [0.15, 0.2) is 24.3 Å². The Morgan fingerprint density at radius 2 is 1.89 bits per heavy atom. The van der Waals surface area contributed by atoms with E-state index in [0.717, 1.165) is 12.1 Å². The van der Waals surface area contributed by atoms with E-state index in [-0.39, 0.29) is 29.6 Å². The standard InChI is InChI=1S/C15H18N2O2/c1-9-8-12-10(6-7-16-14(9)18)11-4-2-3-5-13(11)17-15(12)19/h2-5,9-10,12H,6-8H2,1H3,(H,16,18)(H,17,19)/t9?,10-,12-/m0/s1. The largest absolute Gasteiger partial charge is 0.356 e. The Balaban J connectivity index is 1.97. The van der Waals surface area contributed by atoms with Gasteiger partial charge in [-0.25, -0.2) is 0 Å². The summed E-state index contributed by atoms with van der Waals surface area (Å²) in [6.07, 6.45) is 1.45. The van der Waals surface area contributed by atoms with E-state index in [4.69, 9.17) is 0 Å². The molecule has 2 aliphatic heterocycles. The molecule has 1 aromatic rings. The molecule has 2 N–H and O–H groups in total. The molecule has 0 bridgehead atoms. The van der Waals surface area contributed by atoms with Gasteiger partial charge in [0.2, 0.25) is 11.8 Å². The molecule has 0 radical (unpaired) electrons. The topological polar surface area (TPSA) is 58.2 Å². The van der Waals surface area contributed by atoms with Gasteiger partial charge in [-0.1, -0.05) is 25.1 Å². The first kappa shape index (κ1) is 12.2. The average Bonchev–Trinajstić information content (AvgIpc) is 2.39. The fraction of sp³-hybridized carbons (Fsp3) is 0.467. The summed E-state index contributed by atoms with van der Waals surface area (Å²) >= 11 is 0. The number of anilines is 1. The lowest BCUT2D eigenvalue weighted by atomic mass is 9.74. The molecule has 1 fully saturated rings. The summed E-state index contributed by atoms with van der Waals surface area (Å²) in [5.74, 6) is 0.142. The van der Waals surface area contributed by atoms with Crippen molar-refractivity contribution in [3.8, 4) is 0 Å². The molecule has 1 saturated heterocycles. The van der Waals surface area contributed by atoms with E-state index < -0.39 is 0 Å². The summed E-state index contributed by atoms with van der Waals surface area (Å²) < 4.78 is 0. The highest BCUT2D eigenvalue weighted by atomic mass is 16.2. The molecule has 2 heterocycles. The van der Waals surface area contributed by atoms with Gasteiger partial charge >= 0.3 is 0 Å². The second kappa shape index (κ2) is 4.68. The molecule has 0 spiro atoms. The highest BCUT2D eigenvalue weighted by Gasteiger charge is 2.38. The first-order chi connectivity index (χ1) is 9.16. The van der Waals surface area contributed by atoms with E-state index in [9.17, 15) is 9.59 Å². The van der Waals surface area contributed by atoms with Crippen LogP contribution in [-0.2, 0) is 9.59 Å². The first-order valence-electron chi connectivity index (χ1n) is 6.84. The van der Waals surface area contributed by atoms with Crippen molar-refractivity contribution in [2.45, 2.75) is 25.7 Å². The van der Waals surface area contributed by atoms with Crippen molar-refractivity contribution >= 4 is 17.5 Å². The lowest BCUT2D eigenvalue weighted by Gasteiger charge is -2.36. The number of nitrogens with one attached hydrogen (secondary N) is 2. The van der Waals surface area contributed by atoms with Crippen LogP contribution < -0.4 is 10.6 Å². The Kier molecular flexibility index (Phi) is 3.01. The lowest BCUT2D eigenvalue weighted by Crippen LogP contribution is -2.42. The maximum Gasteiger partial charge on any atom is 0.228 e. The van der Waals surface area contributed by atoms with E-state index in [2.05, 4.69) is 16.7 Å². The van der Waals surface area contributed by atoms with Gasteiger partial charge in [0.05, 0.1) is 0 Å². The van der Waals surface area contributed by atoms with Crippen LogP contribution in [0.1, 0.15) is 31.2 Å². The molecule has 100 valence electrons. The van der Waals surface area contributed by atoms with Gasteiger partial charge in [-0.3, -0.25) is 9.59 Å². The van der Waals surface area contributed by atoms with Gasteiger partial charge in [0.1, 0.15) is 0 Å². The molecule has 1 unspecified atom stereocenters. The van der Waals surface area contributed by atoms with Crippen LogP contribution in [0.3, 0.4) is 0 Å². The van der Waals surface area contributed by atoms with Crippen LogP contribution in [0.2, 0.25) is 0 Å². The van der Waals surface area contributed by atoms with E-state index >= 15 is 0 Å². The molecule has 0 aliphatic carbocycles. The Bertz CT molecular complexity index is 527. The van der Waals surface area contributed by atoms with Gasteiger partial charge in [-0.05, 0) is 30.4 Å². The quantitative estimate of drug-likeness (QED) is 0.746. The van der Waals surface area contributed by atoms with Gasteiger partial charge < -0.3 is 10.6 Å². The highest BCUT2D eigenvalue weighted by molar-refractivity contribution is 5.97. The summed E-state index contributed by atoms with van der Waals surface area (Å²) in [5.41, 5.74) is 2.13. The molecule has 0 aromatic heterocycles. The number of para-hydroxylation sites is 1. The van der Waals surface area contributed by atoms with Crippen molar-refractivity contribution in [3.05, 3.63) is 29.8 Å². The van der Waals surface area contributed by atoms with Gasteiger partial charge in [0.25, 0.3) is 0 Å². The van der Waals surface area contributed by atoms with Crippen molar-refractivity contribution in [1.29, 1.82) is 0 Å². The predicted molar refractivity (Wildman–Crippen MR) is 72.7 cm³/mol. The Labute approximate surface area is 112 Å². The Morgan fingerprint density at radius 3 is 2.74 bits per heavy atom. The van der Waals surface area contributed by atoms with E-state index in [1.807, 2.05) is 25.1 Å². The summed E-state index contributed by atoms with van der Waals surface area (Å²) in [5, 5.41) is 5.91. The minimum atomic E-state index is -0.108. The van der Waals surface area contributed by atoms with Gasteiger partial charge in [0.15, 0.2) is 0 Å². The molecule has 3 atom stereocenters. The minimum Gasteiger partial charge on any atom is -0.356 e. The summed E-state index contributed by atoms with van der Waals surface area (Å²) in [7, 11) is 0. The van der Waals surface area contributed by atoms with E-state index in [0.29, 0.717) is 13.0 Å². The van der Waals surface area contributed by atoms with Crippen LogP contribution in [0.5, 0.6) is 0 Å². The number of rotatable bonds is 0. The van der Waals surface area contributed by atoms with E-state index in [1.54, 1.807) is 0 Å². The normalized spacial score (nSPS) is 30.3. The van der Waals surface area contributed by atoms with E-state index in [1.165, 1.54) is 5.56 Å². The fourth-order valence-corrected chi connectivity index (χ4v) is 3.20. The molecule has 2 amide bonds. The van der Waals surface area contributed by atoms with Crippen LogP contribution in [0.25, 0.3) is 0 Å². The third kappa shape index (κ3) is 2.11. The minimum absolute atomic E-state index is 0.0603. The second-order valence-electron chi connectivity index (χ2n) is 5.51. The third-order valence-electron chi connectivity index (χ3n) is 4.25. The first-order valence-corrected chi connectivity index (χ1v) is 6.84. The lowest BCUT2D eigenvalue weighted by molar-refractivity contribution is -0.127. The Hall–Kier alpha value is -1.84. The smallest absolute Gasteiger partial charge is 0.228 e. The fourth-order valence-electron chi connectivity index (χ4n) is 3.20. The van der Waals surface area contributed by atoms with Crippen molar-refractivity contribution in [2.24, 2.45) is 11.8 Å². The maximum absolute atomic E-state index is 12.3. The summed E-state index contributed by atoms with van der Waals surface area (Å²) in [4.78, 5) is 24.0. The SMILES string of the molecule is CC1C[C@@H]2C(=O)Nc3ccccc3[C@@H]2CCNC1=O. The maximum atomic E-state index is 12.3. The van der Waals surface area contributed by atoms with Crippen molar-refractivity contribution < 1.29 is 9.59 Å². The van der Waals surface area contributed by atoms with Gasteiger partial charge in [-0.2, -0.15) is 0 Å². The number of hydrogen-bond acceptors (Lipinski definition) is 2. The zero-order chi connectivity index (χ0) is 13.4. The summed E-state index contributed by atoms with van der Waals surface area (Å²) in [6, 6.07) is 7.98. The Morgan fingerprint density at radius 1 is 1.11 bits per heavy atom. The monoisotopic (exact) mass is 258 g/mol. The van der Waals surface area contributed by atoms with Crippen molar-refractivity contribution in [1.82, 2.24) is 5.32 Å². The van der Waals surface area contributed by atoms with Crippen molar-refractivity contribution in [3.63, 3.8) is 0 Å². The van der Waals surface area contributed by atoms with Gasteiger partial charge in [0, 0.05) is 24.1 Å². The molecule has 4 heteroatoms. The summed E-state index contributed by atoms with van der Waals surface area (Å²) in [6.45, 7) is 2.54. The number of hydrogen-bond donors (Lipinski definition) is 2. The molecular weight excluding hydrogens is 240 g/mol. The average molecular weight is 258 g/mol. The molecule has 1 aromatic carbocycles. The molecule has 3 rings (SSSR count). The second-order valence-corrected chi connectivity index (χ2v) is 5.51. The number of carbonyl (C=O) groups is 2. The predicted octanol–water partition coefficient (Wildman–Crippen LogP) is 1.88. The zero-order valence-electron chi connectivity index (χ0n) is 11.0. The molecular formula is C15H18N2O2. The van der Waals surface area contributed by atoms with Crippen LogP contribution >= 0.6 is 0 Å². The van der Waals surface area contributed by atoms with Crippen LogP contribution in [0, 0.1) is 11.8 Å². The number of fused-ring (bicyclic) bond motifs is 3.